The normalized spacial score (nSPS) is 17.1. The van der Waals surface area contributed by atoms with Gasteiger partial charge in [0.1, 0.15) is 22.9 Å². The van der Waals surface area contributed by atoms with Crippen LogP contribution in [0, 0.1) is 12.7 Å². The molecule has 5 aromatic rings. The lowest BCUT2D eigenvalue weighted by atomic mass is 9.79. The Kier molecular flexibility index (Phi) is 5.44. The molecule has 3 heterocycles. The number of hydrogen-bond donors (Lipinski definition) is 1. The van der Waals surface area contributed by atoms with E-state index >= 15 is 0 Å². The van der Waals surface area contributed by atoms with Gasteiger partial charge in [-0.15, -0.1) is 10.2 Å². The maximum Gasteiger partial charge on any atom is 0.253 e. The molecule has 0 unspecified atom stereocenters. The highest BCUT2D eigenvalue weighted by Gasteiger charge is 2.36. The minimum absolute atomic E-state index is 0.00766. The maximum atomic E-state index is 14.9. The number of aromatic nitrogens is 6. The van der Waals surface area contributed by atoms with E-state index in [0.29, 0.717) is 52.5 Å². The smallest absolute Gasteiger partial charge is 0.253 e. The zero-order valence-electron chi connectivity index (χ0n) is 19.5. The first kappa shape index (κ1) is 22.0. The van der Waals surface area contributed by atoms with Crippen molar-refractivity contribution in [3.8, 4) is 17.2 Å². The quantitative estimate of drug-likeness (QED) is 0.401. The molecular weight excluding hydrogens is 457 g/mol. The predicted octanol–water partition coefficient (Wildman–Crippen LogP) is 4.40. The zero-order chi connectivity index (χ0) is 24.6. The summed E-state index contributed by atoms with van der Waals surface area (Å²) in [5, 5.41) is 11.9. The highest BCUT2D eigenvalue weighted by atomic mass is 19.1. The molecule has 0 spiro atoms. The average molecular weight is 480 g/mol. The molecule has 1 N–H and O–H groups in total. The van der Waals surface area contributed by atoms with Crippen molar-refractivity contribution in [1.82, 2.24) is 35.0 Å². The molecule has 1 aliphatic rings. The van der Waals surface area contributed by atoms with Gasteiger partial charge in [0.05, 0.1) is 16.8 Å². The lowest BCUT2D eigenvalue weighted by molar-refractivity contribution is 0.0908. The Labute approximate surface area is 206 Å². The number of nitrogens with zero attached hydrogens (tertiary/aromatic N) is 6. The Bertz CT molecular complexity index is 1590. The van der Waals surface area contributed by atoms with Gasteiger partial charge in [-0.25, -0.2) is 9.37 Å². The summed E-state index contributed by atoms with van der Waals surface area (Å²) in [6, 6.07) is 17.5. The summed E-state index contributed by atoms with van der Waals surface area (Å²) in [4.78, 5) is 26.2. The number of carbonyl (C=O) groups excluding carboxylic acids is 1. The van der Waals surface area contributed by atoms with Crippen molar-refractivity contribution < 1.29 is 9.18 Å². The van der Waals surface area contributed by atoms with Crippen LogP contribution in [0.3, 0.4) is 0 Å². The molecule has 8 nitrogen and oxygen atoms in total. The van der Waals surface area contributed by atoms with E-state index < -0.39 is 0 Å². The largest absolute Gasteiger partial charge is 0.349 e. The second-order valence-electron chi connectivity index (χ2n) is 8.90. The number of aryl methyl sites for hydroxylation is 1. The van der Waals surface area contributed by atoms with Gasteiger partial charge in [0.15, 0.2) is 5.82 Å². The van der Waals surface area contributed by atoms with Crippen LogP contribution in [0.1, 0.15) is 40.6 Å². The SMILES string of the molecule is Cc1cccc(-c2nnc(C3CC(NC(=O)c4cccc5nccnc45)C3)n2-c2ccccc2F)n1. The minimum Gasteiger partial charge on any atom is -0.349 e. The van der Waals surface area contributed by atoms with Gasteiger partial charge in [-0.1, -0.05) is 24.3 Å². The fourth-order valence-electron chi connectivity index (χ4n) is 4.65. The number of carbonyl (C=O) groups is 1. The van der Waals surface area contributed by atoms with E-state index in [4.69, 9.17) is 0 Å². The summed E-state index contributed by atoms with van der Waals surface area (Å²) >= 11 is 0. The summed E-state index contributed by atoms with van der Waals surface area (Å²) in [6.07, 6.45) is 4.51. The second kappa shape index (κ2) is 8.92. The van der Waals surface area contributed by atoms with Crippen LogP contribution >= 0.6 is 0 Å². The summed E-state index contributed by atoms with van der Waals surface area (Å²) in [7, 11) is 0. The third-order valence-corrected chi connectivity index (χ3v) is 6.48. The number of nitrogens with one attached hydrogen (secondary N) is 1. The molecule has 3 aromatic heterocycles. The van der Waals surface area contributed by atoms with Crippen molar-refractivity contribution in [3.63, 3.8) is 0 Å². The van der Waals surface area contributed by atoms with E-state index in [9.17, 15) is 9.18 Å². The van der Waals surface area contributed by atoms with Gasteiger partial charge in [-0.2, -0.15) is 0 Å². The molecular formula is C27H22FN7O. The first-order valence-corrected chi connectivity index (χ1v) is 11.7. The van der Waals surface area contributed by atoms with E-state index in [1.54, 1.807) is 47.3 Å². The molecule has 36 heavy (non-hydrogen) atoms. The molecule has 0 saturated heterocycles. The van der Waals surface area contributed by atoms with Gasteiger partial charge >= 0.3 is 0 Å². The van der Waals surface area contributed by atoms with Crippen LogP contribution in [0.5, 0.6) is 0 Å². The first-order chi connectivity index (χ1) is 17.6. The molecule has 0 radical (unpaired) electrons. The van der Waals surface area contributed by atoms with Crippen LogP contribution < -0.4 is 5.32 Å². The fraction of sp³-hybridized carbons (Fsp3) is 0.185. The van der Waals surface area contributed by atoms with Gasteiger partial charge in [0.25, 0.3) is 5.91 Å². The highest BCUT2D eigenvalue weighted by Crippen LogP contribution is 2.39. The Balaban J connectivity index is 1.27. The number of halogens is 1. The van der Waals surface area contributed by atoms with E-state index in [1.165, 1.54) is 6.07 Å². The van der Waals surface area contributed by atoms with Gasteiger partial charge in [-0.05, 0) is 56.2 Å². The number of rotatable bonds is 5. The third kappa shape index (κ3) is 3.88. The van der Waals surface area contributed by atoms with Crippen LogP contribution in [0.25, 0.3) is 28.2 Å². The molecule has 0 atom stereocenters. The molecule has 0 aliphatic heterocycles. The van der Waals surface area contributed by atoms with E-state index in [2.05, 4.69) is 30.5 Å². The Morgan fingerprint density at radius 3 is 2.61 bits per heavy atom. The van der Waals surface area contributed by atoms with E-state index in [0.717, 1.165) is 5.69 Å². The monoisotopic (exact) mass is 479 g/mol. The molecule has 2 aromatic carbocycles. The van der Waals surface area contributed by atoms with E-state index in [-0.39, 0.29) is 23.7 Å². The topological polar surface area (TPSA) is 98.5 Å². The van der Waals surface area contributed by atoms with Crippen molar-refractivity contribution in [2.45, 2.75) is 31.7 Å². The minimum atomic E-state index is -0.367. The Morgan fingerprint density at radius 1 is 0.972 bits per heavy atom. The van der Waals surface area contributed by atoms with Crippen LogP contribution in [0.4, 0.5) is 4.39 Å². The van der Waals surface area contributed by atoms with Crippen LogP contribution in [0.2, 0.25) is 0 Å². The number of amides is 1. The summed E-state index contributed by atoms with van der Waals surface area (Å²) in [5.41, 5.74) is 3.57. The standard InChI is InChI=1S/C27H22FN7O/c1-16-6-4-10-22(31-16)26-34-33-25(35(26)23-11-3-2-8-20(23)28)17-14-18(15-17)32-27(36)19-7-5-9-21-24(19)30-13-12-29-21/h2-13,17-18H,14-15H2,1H3,(H,32,36). The van der Waals surface area contributed by atoms with Crippen LogP contribution in [0.15, 0.2) is 73.1 Å². The lowest BCUT2D eigenvalue weighted by Crippen LogP contribution is -2.44. The maximum absolute atomic E-state index is 14.9. The van der Waals surface area contributed by atoms with Crippen molar-refractivity contribution >= 4 is 16.9 Å². The molecule has 1 amide bonds. The van der Waals surface area contributed by atoms with Crippen molar-refractivity contribution in [3.05, 3.63) is 96.0 Å². The lowest BCUT2D eigenvalue weighted by Gasteiger charge is -2.35. The Morgan fingerprint density at radius 2 is 1.78 bits per heavy atom. The fourth-order valence-corrected chi connectivity index (χ4v) is 4.65. The summed E-state index contributed by atoms with van der Waals surface area (Å²) in [5.74, 6) is 0.590. The molecule has 1 saturated carbocycles. The molecule has 6 rings (SSSR count). The van der Waals surface area contributed by atoms with Crippen molar-refractivity contribution in [2.24, 2.45) is 0 Å². The molecule has 1 fully saturated rings. The third-order valence-electron chi connectivity index (χ3n) is 6.48. The van der Waals surface area contributed by atoms with E-state index in [1.807, 2.05) is 31.2 Å². The predicted molar refractivity (Wildman–Crippen MR) is 132 cm³/mol. The number of hydrogen-bond acceptors (Lipinski definition) is 6. The number of benzene rings is 2. The molecule has 0 bridgehead atoms. The number of pyridine rings is 1. The average Bonchev–Trinajstić information content (AvgIpc) is 3.30. The molecule has 178 valence electrons. The van der Waals surface area contributed by atoms with Gasteiger partial charge in [0.2, 0.25) is 0 Å². The van der Waals surface area contributed by atoms with Gasteiger partial charge in [0, 0.05) is 30.0 Å². The number of fused-ring (bicyclic) bond motifs is 1. The highest BCUT2D eigenvalue weighted by molar-refractivity contribution is 6.04. The summed E-state index contributed by atoms with van der Waals surface area (Å²) < 4.78 is 16.6. The van der Waals surface area contributed by atoms with Crippen molar-refractivity contribution in [1.29, 1.82) is 0 Å². The van der Waals surface area contributed by atoms with Crippen LogP contribution in [-0.2, 0) is 0 Å². The second-order valence-corrected chi connectivity index (χ2v) is 8.90. The first-order valence-electron chi connectivity index (χ1n) is 11.7. The van der Waals surface area contributed by atoms with Crippen LogP contribution in [-0.4, -0.2) is 41.7 Å². The van der Waals surface area contributed by atoms with Crippen molar-refractivity contribution in [2.75, 3.05) is 0 Å². The van der Waals surface area contributed by atoms with Gasteiger partial charge < -0.3 is 5.32 Å². The molecule has 1 aliphatic carbocycles. The Hall–Kier alpha value is -4.53. The molecule has 9 heteroatoms. The number of para-hydroxylation sites is 2. The zero-order valence-corrected chi connectivity index (χ0v) is 19.5. The van der Waals surface area contributed by atoms with Gasteiger partial charge in [-0.3, -0.25) is 19.3 Å². The summed E-state index contributed by atoms with van der Waals surface area (Å²) in [6.45, 7) is 1.90.